The van der Waals surface area contributed by atoms with Crippen LogP contribution in [0.4, 0.5) is 10.5 Å². The van der Waals surface area contributed by atoms with Gasteiger partial charge in [-0.05, 0) is 130 Å². The fourth-order valence-corrected chi connectivity index (χ4v) is 7.19. The van der Waals surface area contributed by atoms with E-state index >= 15 is 0 Å². The summed E-state index contributed by atoms with van der Waals surface area (Å²) in [5, 5.41) is 28.6. The number of aromatic amines is 1. The second-order valence-electron chi connectivity index (χ2n) is 15.9. The highest BCUT2D eigenvalue weighted by Gasteiger charge is 2.30. The third-order valence-electron chi connectivity index (χ3n) is 10.3. The van der Waals surface area contributed by atoms with E-state index in [0.717, 1.165) is 40.7 Å². The van der Waals surface area contributed by atoms with E-state index in [0.29, 0.717) is 49.4 Å². The Morgan fingerprint density at radius 2 is 1.63 bits per heavy atom. The van der Waals surface area contributed by atoms with E-state index in [9.17, 15) is 24.0 Å². The van der Waals surface area contributed by atoms with E-state index in [1.165, 1.54) is 0 Å². The number of H-pyrrole nitrogens is 1. The topological polar surface area (TPSA) is 209 Å². The molecule has 6 N–H and O–H groups in total. The van der Waals surface area contributed by atoms with Crippen molar-refractivity contribution in [1.29, 1.82) is 0 Å². The van der Waals surface area contributed by atoms with Crippen LogP contribution in [0.5, 0.6) is 0 Å². The summed E-state index contributed by atoms with van der Waals surface area (Å²) in [6, 6.07) is 19.2. The number of rotatable bonds is 12. The van der Waals surface area contributed by atoms with E-state index in [2.05, 4.69) is 47.2 Å². The number of carbonyl (C=O) groups excluding carboxylic acids is 5. The fraction of sp³-hybridized carbons (Fsp3) is 0.429. The highest BCUT2D eigenvalue weighted by Crippen LogP contribution is 2.30. The van der Waals surface area contributed by atoms with E-state index in [-0.39, 0.29) is 54.3 Å². The van der Waals surface area contributed by atoms with Crippen molar-refractivity contribution in [2.45, 2.75) is 90.3 Å². The number of aryl methyl sites for hydroxylation is 1. The van der Waals surface area contributed by atoms with Gasteiger partial charge in [0, 0.05) is 54.7 Å². The van der Waals surface area contributed by atoms with Gasteiger partial charge >= 0.3 is 6.09 Å². The number of hydrogen-bond acceptors (Lipinski definition) is 9. The van der Waals surface area contributed by atoms with Crippen LogP contribution >= 0.6 is 0 Å². The van der Waals surface area contributed by atoms with Gasteiger partial charge in [-0.15, -0.1) is 10.2 Å². The number of piperidine rings is 1. The van der Waals surface area contributed by atoms with E-state index in [1.54, 1.807) is 30.3 Å². The molecule has 1 unspecified atom stereocenters. The van der Waals surface area contributed by atoms with Crippen LogP contribution < -0.4 is 26.6 Å². The summed E-state index contributed by atoms with van der Waals surface area (Å²) >= 11 is 0. The van der Waals surface area contributed by atoms with Crippen LogP contribution in [-0.2, 0) is 25.5 Å². The number of aromatic nitrogens is 4. The number of alkyl carbamates (subject to hydrolysis) is 1. The summed E-state index contributed by atoms with van der Waals surface area (Å²) in [6.07, 6.45) is 3.53. The summed E-state index contributed by atoms with van der Waals surface area (Å²) in [5.41, 5.74) is 4.81. The zero-order chi connectivity index (χ0) is 40.5. The van der Waals surface area contributed by atoms with Crippen molar-refractivity contribution in [1.82, 2.24) is 41.9 Å². The summed E-state index contributed by atoms with van der Waals surface area (Å²) in [7, 11) is 0. The second-order valence-corrected chi connectivity index (χ2v) is 15.9. The molecule has 2 heterocycles. The molecule has 300 valence electrons. The van der Waals surface area contributed by atoms with Gasteiger partial charge in [0.05, 0.1) is 0 Å². The van der Waals surface area contributed by atoms with Crippen LogP contribution in [0.1, 0.15) is 80.8 Å². The first-order valence-electron chi connectivity index (χ1n) is 19.5. The minimum Gasteiger partial charge on any atom is -0.444 e. The predicted octanol–water partition coefficient (Wildman–Crippen LogP) is 4.85. The molecule has 3 aromatic carbocycles. The number of ether oxygens (including phenoxy) is 1. The summed E-state index contributed by atoms with van der Waals surface area (Å²) in [4.78, 5) is 64.7. The minimum atomic E-state index is -0.873. The van der Waals surface area contributed by atoms with Gasteiger partial charge < -0.3 is 31.3 Å². The molecule has 15 heteroatoms. The Kier molecular flexibility index (Phi) is 13.0. The standard InChI is InChI=1S/C42H51N9O6/c1-25-5-10-31(39(54)46-33-19-20-43-36(52)23-33)22-34(25)28-11-6-26(7-12-28)21-35(40(55)45-32-17-15-29(16-18-32)37-48-50-51-49-37)47-38(53)30-13-8-27(9-14-30)24-44-41(56)57-42(2,3)4/h5-7,10-12,15-18,22,27,30,33,35H,8-9,13-14,19-21,23-24H2,1-4H3,(H,43,52)(H,44,56)(H,45,55)(H,46,54)(H,47,53)(H,48,49,50,51)/t27-,30-,33?,35-/m0/s1. The molecule has 1 saturated carbocycles. The normalized spacial score (nSPS) is 18.7. The van der Waals surface area contributed by atoms with Crippen LogP contribution in [0.25, 0.3) is 22.5 Å². The summed E-state index contributed by atoms with van der Waals surface area (Å²) in [5.74, 6) is -0.451. The monoisotopic (exact) mass is 777 g/mol. The molecule has 6 rings (SSSR count). The number of benzene rings is 3. The lowest BCUT2D eigenvalue weighted by atomic mass is 9.81. The van der Waals surface area contributed by atoms with Gasteiger partial charge in [-0.3, -0.25) is 19.2 Å². The van der Waals surface area contributed by atoms with Gasteiger partial charge in [0.1, 0.15) is 11.6 Å². The molecule has 4 aromatic rings. The van der Waals surface area contributed by atoms with Crippen LogP contribution in [0.15, 0.2) is 66.7 Å². The Hall–Kier alpha value is -6.12. The maximum Gasteiger partial charge on any atom is 0.407 e. The molecule has 2 fully saturated rings. The summed E-state index contributed by atoms with van der Waals surface area (Å²) in [6.45, 7) is 8.45. The van der Waals surface area contributed by atoms with Gasteiger partial charge in [-0.25, -0.2) is 4.79 Å². The van der Waals surface area contributed by atoms with E-state index < -0.39 is 17.7 Å². The summed E-state index contributed by atoms with van der Waals surface area (Å²) < 4.78 is 5.36. The number of anilines is 1. The Morgan fingerprint density at radius 3 is 2.30 bits per heavy atom. The largest absolute Gasteiger partial charge is 0.444 e. The molecular formula is C42H51N9O6. The highest BCUT2D eigenvalue weighted by atomic mass is 16.6. The first-order valence-corrected chi connectivity index (χ1v) is 19.5. The van der Waals surface area contributed by atoms with Gasteiger partial charge in [-0.1, -0.05) is 30.3 Å². The lowest BCUT2D eigenvalue weighted by Crippen LogP contribution is -2.48. The van der Waals surface area contributed by atoms with Crippen LogP contribution in [-0.4, -0.2) is 81.1 Å². The lowest BCUT2D eigenvalue weighted by molar-refractivity contribution is -0.130. The maximum absolute atomic E-state index is 13.9. The van der Waals surface area contributed by atoms with Crippen molar-refractivity contribution in [2.24, 2.45) is 11.8 Å². The average Bonchev–Trinajstić information content (AvgIpc) is 3.73. The van der Waals surface area contributed by atoms with Crippen molar-refractivity contribution in [3.63, 3.8) is 0 Å². The van der Waals surface area contributed by atoms with Crippen molar-refractivity contribution in [2.75, 3.05) is 18.4 Å². The molecule has 1 aliphatic carbocycles. The number of nitrogens with one attached hydrogen (secondary N) is 6. The first-order chi connectivity index (χ1) is 27.3. The van der Waals surface area contributed by atoms with Crippen molar-refractivity contribution in [3.8, 4) is 22.5 Å². The van der Waals surface area contributed by atoms with Crippen molar-refractivity contribution >= 4 is 35.4 Å². The van der Waals surface area contributed by atoms with Gasteiger partial charge in [0.2, 0.25) is 23.5 Å². The molecule has 1 aliphatic heterocycles. The molecule has 15 nitrogen and oxygen atoms in total. The van der Waals surface area contributed by atoms with Crippen molar-refractivity contribution in [3.05, 3.63) is 83.4 Å². The third-order valence-corrected chi connectivity index (χ3v) is 10.3. The molecule has 0 radical (unpaired) electrons. The Labute approximate surface area is 331 Å². The number of hydrogen-bond donors (Lipinski definition) is 6. The Morgan fingerprint density at radius 1 is 0.912 bits per heavy atom. The molecular weight excluding hydrogens is 727 g/mol. The number of tetrazole rings is 1. The smallest absolute Gasteiger partial charge is 0.407 e. The SMILES string of the molecule is Cc1ccc(C(=O)NC2CCNC(=O)C2)cc1-c1ccc(C[C@H](NC(=O)[C@H]2CC[C@H](CNC(=O)OC(C)(C)C)CC2)C(=O)Nc2ccc(-c3nn[nH]n3)cc2)cc1. The predicted molar refractivity (Wildman–Crippen MR) is 214 cm³/mol. The molecule has 2 aliphatic rings. The Bertz CT molecular complexity index is 2040. The number of carbonyl (C=O) groups is 5. The van der Waals surface area contributed by atoms with Gasteiger partial charge in [0.25, 0.3) is 5.91 Å². The van der Waals surface area contributed by atoms with Crippen LogP contribution in [0.2, 0.25) is 0 Å². The molecule has 0 spiro atoms. The molecule has 2 atom stereocenters. The van der Waals surface area contributed by atoms with Gasteiger partial charge in [0.15, 0.2) is 0 Å². The van der Waals surface area contributed by atoms with Crippen molar-refractivity contribution < 1.29 is 28.7 Å². The minimum absolute atomic E-state index is 0.0696. The Balaban J connectivity index is 1.12. The quantitative estimate of drug-likeness (QED) is 0.116. The second kappa shape index (κ2) is 18.2. The fourth-order valence-electron chi connectivity index (χ4n) is 7.19. The molecule has 1 saturated heterocycles. The van der Waals surface area contributed by atoms with Gasteiger partial charge in [-0.2, -0.15) is 5.21 Å². The number of amides is 5. The molecule has 1 aromatic heterocycles. The van der Waals surface area contributed by atoms with Crippen LogP contribution in [0, 0.1) is 18.8 Å². The lowest BCUT2D eigenvalue weighted by Gasteiger charge is -2.29. The zero-order valence-electron chi connectivity index (χ0n) is 32.8. The third kappa shape index (κ3) is 11.5. The average molecular weight is 778 g/mol. The highest BCUT2D eigenvalue weighted by molar-refractivity contribution is 5.98. The first kappa shape index (κ1) is 40.5. The zero-order valence-corrected chi connectivity index (χ0v) is 32.8. The molecule has 57 heavy (non-hydrogen) atoms. The van der Waals surface area contributed by atoms with E-state index in [1.807, 2.05) is 64.1 Å². The maximum atomic E-state index is 13.9. The van der Waals surface area contributed by atoms with Crippen LogP contribution in [0.3, 0.4) is 0 Å². The molecule has 5 amide bonds. The van der Waals surface area contributed by atoms with E-state index in [4.69, 9.17) is 4.74 Å². The molecule has 0 bridgehead atoms. The number of nitrogens with zero attached hydrogens (tertiary/aromatic N) is 3.